The van der Waals surface area contributed by atoms with Crippen LogP contribution in [0, 0.1) is 5.92 Å². The van der Waals surface area contributed by atoms with Crippen LogP contribution in [0.4, 0.5) is 13.2 Å². The number of carbonyl (C=O) groups is 1. The lowest BCUT2D eigenvalue weighted by atomic mass is 10.2. The van der Waals surface area contributed by atoms with Crippen LogP contribution >= 0.6 is 11.6 Å². The van der Waals surface area contributed by atoms with E-state index in [2.05, 4.69) is 10.4 Å². The number of aromatic nitrogens is 2. The van der Waals surface area contributed by atoms with Crippen LogP contribution in [0.3, 0.4) is 0 Å². The molecule has 124 valence electrons. The number of carbonyl (C=O) groups excluding carboxylic acids is 1. The molecule has 0 aliphatic rings. The van der Waals surface area contributed by atoms with Gasteiger partial charge in [0.05, 0.1) is 22.5 Å². The molecule has 2 aromatic rings. The summed E-state index contributed by atoms with van der Waals surface area (Å²) >= 11 is 5.94. The number of nitrogens with zero attached hydrogens (tertiary/aromatic N) is 2. The zero-order valence-electron chi connectivity index (χ0n) is 12.5. The Kier molecular flexibility index (Phi) is 4.99. The molecule has 4 nitrogen and oxygen atoms in total. The number of para-hydroxylation sites is 1. The molecular weight excluding hydrogens is 331 g/mol. The molecule has 0 bridgehead atoms. The fourth-order valence-corrected chi connectivity index (χ4v) is 2.20. The van der Waals surface area contributed by atoms with Gasteiger partial charge in [0.2, 0.25) is 0 Å². The Labute approximate surface area is 136 Å². The van der Waals surface area contributed by atoms with Gasteiger partial charge in [-0.15, -0.1) is 0 Å². The van der Waals surface area contributed by atoms with Crippen molar-refractivity contribution in [2.24, 2.45) is 5.92 Å². The number of hydrogen-bond donors (Lipinski definition) is 1. The van der Waals surface area contributed by atoms with Crippen LogP contribution in [0.15, 0.2) is 30.5 Å². The lowest BCUT2D eigenvalue weighted by molar-refractivity contribution is -0.143. The Bertz CT molecular complexity index is 710. The lowest BCUT2D eigenvalue weighted by Crippen LogP contribution is -2.29. The van der Waals surface area contributed by atoms with Gasteiger partial charge in [0.1, 0.15) is 0 Å². The van der Waals surface area contributed by atoms with Gasteiger partial charge in [-0.25, -0.2) is 4.68 Å². The maximum absolute atomic E-state index is 13.4. The molecule has 1 aromatic carbocycles. The van der Waals surface area contributed by atoms with Crippen LogP contribution in [0.2, 0.25) is 5.02 Å². The average molecular weight is 346 g/mol. The highest BCUT2D eigenvalue weighted by Crippen LogP contribution is 2.35. The predicted molar refractivity (Wildman–Crippen MR) is 80.7 cm³/mol. The Morgan fingerprint density at radius 1 is 1.35 bits per heavy atom. The predicted octanol–water partition coefficient (Wildman–Crippen LogP) is 3.93. The molecule has 1 amide bonds. The van der Waals surface area contributed by atoms with Gasteiger partial charge in [-0.05, 0) is 18.1 Å². The van der Waals surface area contributed by atoms with Crippen LogP contribution < -0.4 is 5.32 Å². The molecule has 0 fully saturated rings. The van der Waals surface area contributed by atoms with Crippen LogP contribution in [0.1, 0.15) is 29.9 Å². The molecule has 23 heavy (non-hydrogen) atoms. The van der Waals surface area contributed by atoms with Gasteiger partial charge >= 0.3 is 6.18 Å². The smallest absolute Gasteiger partial charge is 0.352 e. The van der Waals surface area contributed by atoms with Gasteiger partial charge in [0.25, 0.3) is 5.91 Å². The molecule has 8 heteroatoms. The summed E-state index contributed by atoms with van der Waals surface area (Å²) in [5.74, 6) is -0.698. The van der Waals surface area contributed by atoms with E-state index < -0.39 is 23.3 Å². The second-order valence-corrected chi connectivity index (χ2v) is 5.78. The van der Waals surface area contributed by atoms with Crippen molar-refractivity contribution in [1.82, 2.24) is 15.1 Å². The number of halogens is 4. The minimum absolute atomic E-state index is 0.0596. The Morgan fingerprint density at radius 3 is 2.57 bits per heavy atom. The standard InChI is InChI=1S/C15H15ClF3N3O/c1-9(2)7-20-14(23)10-8-21-22(13(10)15(17,18)19)12-6-4-3-5-11(12)16/h3-6,8-9H,7H2,1-2H3,(H,20,23). The summed E-state index contributed by atoms with van der Waals surface area (Å²) < 4.78 is 40.9. The summed E-state index contributed by atoms with van der Waals surface area (Å²) in [6.07, 6.45) is -3.85. The average Bonchev–Trinajstić information content (AvgIpc) is 2.90. The monoisotopic (exact) mass is 345 g/mol. The van der Waals surface area contributed by atoms with Crippen molar-refractivity contribution >= 4 is 17.5 Å². The van der Waals surface area contributed by atoms with Gasteiger partial charge in [-0.3, -0.25) is 4.79 Å². The summed E-state index contributed by atoms with van der Waals surface area (Å²) in [6, 6.07) is 6.00. The summed E-state index contributed by atoms with van der Waals surface area (Å²) in [5.41, 5.74) is -1.62. The number of nitrogens with one attached hydrogen (secondary N) is 1. The van der Waals surface area contributed by atoms with Gasteiger partial charge in [0.15, 0.2) is 5.69 Å². The molecule has 1 heterocycles. The normalized spacial score (nSPS) is 11.8. The molecular formula is C15H15ClF3N3O. The van der Waals surface area contributed by atoms with Gasteiger partial charge in [0, 0.05) is 6.54 Å². The number of rotatable bonds is 4. The highest BCUT2D eigenvalue weighted by molar-refractivity contribution is 6.32. The van der Waals surface area contributed by atoms with Crippen molar-refractivity contribution < 1.29 is 18.0 Å². The van der Waals surface area contributed by atoms with Crippen molar-refractivity contribution in [3.05, 3.63) is 46.7 Å². The quantitative estimate of drug-likeness (QED) is 0.912. The third-order valence-electron chi connectivity index (χ3n) is 3.03. The largest absolute Gasteiger partial charge is 0.434 e. The number of alkyl halides is 3. The Hall–Kier alpha value is -2.02. The van der Waals surface area contributed by atoms with Gasteiger partial charge in [-0.1, -0.05) is 37.6 Å². The molecule has 0 aliphatic carbocycles. The first-order chi connectivity index (χ1) is 10.7. The molecule has 1 aromatic heterocycles. The first kappa shape index (κ1) is 17.3. The molecule has 2 rings (SSSR count). The topological polar surface area (TPSA) is 46.9 Å². The molecule has 1 N–H and O–H groups in total. The third-order valence-corrected chi connectivity index (χ3v) is 3.35. The van der Waals surface area contributed by atoms with E-state index in [-0.39, 0.29) is 23.2 Å². The first-order valence-corrected chi connectivity index (χ1v) is 7.28. The van der Waals surface area contributed by atoms with Crippen LogP contribution in [-0.2, 0) is 6.18 Å². The molecule has 0 unspecified atom stereocenters. The number of benzene rings is 1. The number of amides is 1. The summed E-state index contributed by atoms with van der Waals surface area (Å²) in [6.45, 7) is 3.96. The first-order valence-electron chi connectivity index (χ1n) is 6.90. The van der Waals surface area contributed by atoms with E-state index >= 15 is 0 Å². The van der Waals surface area contributed by atoms with Crippen molar-refractivity contribution in [3.8, 4) is 5.69 Å². The second kappa shape index (κ2) is 6.62. The maximum Gasteiger partial charge on any atom is 0.434 e. The molecule has 0 aliphatic heterocycles. The minimum atomic E-state index is -4.75. The number of hydrogen-bond acceptors (Lipinski definition) is 2. The SMILES string of the molecule is CC(C)CNC(=O)c1cnn(-c2ccccc2Cl)c1C(F)(F)F. The summed E-state index contributed by atoms with van der Waals surface area (Å²) in [5, 5.41) is 6.28. The molecule has 0 saturated carbocycles. The highest BCUT2D eigenvalue weighted by Gasteiger charge is 2.40. The van der Waals surface area contributed by atoms with Crippen molar-refractivity contribution in [2.45, 2.75) is 20.0 Å². The molecule has 0 saturated heterocycles. The fraction of sp³-hybridized carbons (Fsp3) is 0.333. The van der Waals surface area contributed by atoms with E-state index in [0.717, 1.165) is 6.20 Å². The maximum atomic E-state index is 13.4. The van der Waals surface area contributed by atoms with E-state index in [4.69, 9.17) is 11.6 Å². The lowest BCUT2D eigenvalue weighted by Gasteiger charge is -2.14. The van der Waals surface area contributed by atoms with Crippen LogP contribution in [0.5, 0.6) is 0 Å². The van der Waals surface area contributed by atoms with Crippen LogP contribution in [-0.4, -0.2) is 22.2 Å². The highest BCUT2D eigenvalue weighted by atomic mass is 35.5. The molecule has 0 spiro atoms. The zero-order valence-corrected chi connectivity index (χ0v) is 13.2. The van der Waals surface area contributed by atoms with Gasteiger partial charge in [-0.2, -0.15) is 18.3 Å². The summed E-state index contributed by atoms with van der Waals surface area (Å²) in [4.78, 5) is 12.0. The van der Waals surface area contributed by atoms with Crippen LogP contribution in [0.25, 0.3) is 5.69 Å². The van der Waals surface area contributed by atoms with Crippen molar-refractivity contribution in [2.75, 3.05) is 6.54 Å². The summed E-state index contributed by atoms with van der Waals surface area (Å²) in [7, 11) is 0. The van der Waals surface area contributed by atoms with Crippen molar-refractivity contribution in [3.63, 3.8) is 0 Å². The van der Waals surface area contributed by atoms with E-state index in [9.17, 15) is 18.0 Å². The molecule has 0 radical (unpaired) electrons. The zero-order chi connectivity index (χ0) is 17.2. The van der Waals surface area contributed by atoms with Crippen molar-refractivity contribution in [1.29, 1.82) is 0 Å². The second-order valence-electron chi connectivity index (χ2n) is 5.37. The fourth-order valence-electron chi connectivity index (χ4n) is 1.99. The van der Waals surface area contributed by atoms with E-state index in [1.165, 1.54) is 12.1 Å². The van der Waals surface area contributed by atoms with E-state index in [1.807, 2.05) is 13.8 Å². The van der Waals surface area contributed by atoms with Gasteiger partial charge < -0.3 is 5.32 Å². The minimum Gasteiger partial charge on any atom is -0.352 e. The Morgan fingerprint density at radius 2 is 2.00 bits per heavy atom. The van der Waals surface area contributed by atoms with E-state index in [1.54, 1.807) is 12.1 Å². The molecule has 0 atom stereocenters. The Balaban J connectivity index is 2.51. The third kappa shape index (κ3) is 3.85. The van der Waals surface area contributed by atoms with E-state index in [0.29, 0.717) is 4.68 Å².